The fraction of sp³-hybridized carbons (Fsp3) is 0.240. The number of rotatable bonds is 4. The number of hydrogen-bond donors (Lipinski definition) is 1. The summed E-state index contributed by atoms with van der Waals surface area (Å²) < 4.78 is 0. The van der Waals surface area contributed by atoms with Crippen molar-refractivity contribution >= 4 is 45.6 Å². The highest BCUT2D eigenvalue weighted by Gasteiger charge is 2.43. The number of anilines is 2. The molecule has 160 valence electrons. The fourth-order valence-corrected chi connectivity index (χ4v) is 6.93. The molecule has 3 aromatic rings. The molecule has 0 unspecified atom stereocenters. The Kier molecular flexibility index (Phi) is 5.50. The van der Waals surface area contributed by atoms with Gasteiger partial charge in [0.15, 0.2) is 0 Å². The maximum Gasteiger partial charge on any atom is 0.248 e. The summed E-state index contributed by atoms with van der Waals surface area (Å²) in [6, 6.07) is 20.0. The number of nitrogen functional groups attached to an aromatic ring is 1. The molecule has 1 aliphatic heterocycles. The van der Waals surface area contributed by atoms with Crippen LogP contribution in [0.25, 0.3) is 0 Å². The van der Waals surface area contributed by atoms with Crippen molar-refractivity contribution in [3.8, 4) is 6.07 Å². The first-order chi connectivity index (χ1) is 15.5. The van der Waals surface area contributed by atoms with Crippen molar-refractivity contribution in [2.45, 2.75) is 41.7 Å². The van der Waals surface area contributed by atoms with Crippen molar-refractivity contribution < 1.29 is 9.59 Å². The maximum atomic E-state index is 13.2. The van der Waals surface area contributed by atoms with Gasteiger partial charge in [0.1, 0.15) is 11.1 Å². The third kappa shape index (κ3) is 3.70. The van der Waals surface area contributed by atoms with E-state index in [1.807, 2.05) is 30.3 Å². The first kappa shape index (κ1) is 20.8. The zero-order valence-corrected chi connectivity index (χ0v) is 18.9. The number of amides is 2. The van der Waals surface area contributed by atoms with E-state index >= 15 is 0 Å². The van der Waals surface area contributed by atoms with Crippen molar-refractivity contribution in [3.63, 3.8) is 0 Å². The van der Waals surface area contributed by atoms with Gasteiger partial charge in [-0.3, -0.25) is 9.59 Å². The molecule has 2 amide bonds. The number of benzene rings is 2. The van der Waals surface area contributed by atoms with Gasteiger partial charge >= 0.3 is 0 Å². The number of thiophene rings is 1. The standard InChI is InChI=1S/C25H21N3O2S2/c26-14-20-19-11-6-16(15-4-2-1-3-5-15)12-21(19)32-25(20)28-23(29)13-22(24(28)30)31-18-9-7-17(27)8-10-18/h1-5,7-10,16,22H,6,11-13,27H2/t16-,22+/m0/s1. The summed E-state index contributed by atoms with van der Waals surface area (Å²) in [5.74, 6) is -0.0928. The zero-order valence-electron chi connectivity index (χ0n) is 17.3. The number of hydrogen-bond acceptors (Lipinski definition) is 6. The van der Waals surface area contributed by atoms with E-state index in [2.05, 4.69) is 18.2 Å². The zero-order chi connectivity index (χ0) is 22.2. The molecule has 2 atom stereocenters. The smallest absolute Gasteiger partial charge is 0.248 e. The van der Waals surface area contributed by atoms with E-state index < -0.39 is 5.25 Å². The van der Waals surface area contributed by atoms with Crippen LogP contribution in [0.1, 0.15) is 40.3 Å². The van der Waals surface area contributed by atoms with E-state index in [1.165, 1.54) is 33.6 Å². The lowest BCUT2D eigenvalue weighted by Crippen LogP contribution is -2.31. The van der Waals surface area contributed by atoms with Gasteiger partial charge in [-0.05, 0) is 60.6 Å². The Balaban J connectivity index is 1.42. The molecule has 2 aromatic carbocycles. The van der Waals surface area contributed by atoms with Crippen molar-refractivity contribution in [1.29, 1.82) is 5.26 Å². The number of carbonyl (C=O) groups is 2. The minimum absolute atomic E-state index is 0.133. The third-order valence-corrected chi connectivity index (χ3v) is 8.53. The molecule has 1 saturated heterocycles. The predicted molar refractivity (Wildman–Crippen MR) is 128 cm³/mol. The number of imide groups is 1. The highest BCUT2D eigenvalue weighted by molar-refractivity contribution is 8.00. The second-order valence-electron chi connectivity index (χ2n) is 8.09. The van der Waals surface area contributed by atoms with Crippen LogP contribution in [0.4, 0.5) is 10.7 Å². The molecule has 2 N–H and O–H groups in total. The van der Waals surface area contributed by atoms with Crippen LogP contribution < -0.4 is 10.6 Å². The van der Waals surface area contributed by atoms with Crippen molar-refractivity contribution in [1.82, 2.24) is 0 Å². The highest BCUT2D eigenvalue weighted by atomic mass is 32.2. The number of nitrogens with zero attached hydrogens (tertiary/aromatic N) is 2. The van der Waals surface area contributed by atoms with Crippen molar-refractivity contribution in [2.75, 3.05) is 10.6 Å². The fourth-order valence-electron chi connectivity index (χ4n) is 4.47. The summed E-state index contributed by atoms with van der Waals surface area (Å²) in [5, 5.41) is 9.91. The van der Waals surface area contributed by atoms with Gasteiger partial charge in [0.05, 0.1) is 10.8 Å². The van der Waals surface area contributed by atoms with Crippen molar-refractivity contribution in [2.24, 2.45) is 0 Å². The Bertz CT molecular complexity index is 1230. The third-order valence-electron chi connectivity index (χ3n) is 6.10. The number of carbonyl (C=O) groups excluding carboxylic acids is 2. The average molecular weight is 460 g/mol. The largest absolute Gasteiger partial charge is 0.399 e. The SMILES string of the molecule is N#Cc1c(N2C(=O)C[C@@H](Sc3ccc(N)cc3)C2=O)sc2c1CC[C@H](c1ccccc1)C2. The molecule has 1 fully saturated rings. The Labute approximate surface area is 194 Å². The topological polar surface area (TPSA) is 87.2 Å². The number of nitriles is 1. The average Bonchev–Trinajstić information content (AvgIpc) is 3.30. The predicted octanol–water partition coefficient (Wildman–Crippen LogP) is 4.90. The lowest BCUT2D eigenvalue weighted by atomic mass is 9.83. The second-order valence-corrected chi connectivity index (χ2v) is 10.5. The molecule has 0 bridgehead atoms. The lowest BCUT2D eigenvalue weighted by molar-refractivity contribution is -0.121. The van der Waals surface area contributed by atoms with Gasteiger partial charge in [-0.1, -0.05) is 30.3 Å². The molecule has 0 spiro atoms. The Morgan fingerprint density at radius 1 is 1.06 bits per heavy atom. The minimum Gasteiger partial charge on any atom is -0.399 e. The quantitative estimate of drug-likeness (QED) is 0.443. The summed E-state index contributed by atoms with van der Waals surface area (Å²) in [5.41, 5.74) is 9.19. The van der Waals surface area contributed by atoms with Gasteiger partial charge < -0.3 is 5.73 Å². The molecule has 0 saturated carbocycles. The summed E-state index contributed by atoms with van der Waals surface area (Å²) in [6.07, 6.45) is 2.71. The Morgan fingerprint density at radius 3 is 2.53 bits per heavy atom. The lowest BCUT2D eigenvalue weighted by Gasteiger charge is -2.22. The molecule has 5 rings (SSSR count). The van der Waals surface area contributed by atoms with Crippen LogP contribution in [0.2, 0.25) is 0 Å². The molecular formula is C25H21N3O2S2. The van der Waals surface area contributed by atoms with Crippen LogP contribution >= 0.6 is 23.1 Å². The molecule has 1 aliphatic carbocycles. The van der Waals surface area contributed by atoms with Crippen LogP contribution in [0, 0.1) is 11.3 Å². The molecule has 1 aromatic heterocycles. The summed E-state index contributed by atoms with van der Waals surface area (Å²) in [7, 11) is 0. The molecule has 32 heavy (non-hydrogen) atoms. The minimum atomic E-state index is -0.492. The van der Waals surface area contributed by atoms with E-state index in [0.717, 1.165) is 34.6 Å². The van der Waals surface area contributed by atoms with E-state index in [9.17, 15) is 14.9 Å². The van der Waals surface area contributed by atoms with Crippen LogP contribution in [-0.4, -0.2) is 17.1 Å². The summed E-state index contributed by atoms with van der Waals surface area (Å²) >= 11 is 2.81. The van der Waals surface area contributed by atoms with Crippen LogP contribution in [0.15, 0.2) is 59.5 Å². The van der Waals surface area contributed by atoms with Gasteiger partial charge in [-0.15, -0.1) is 23.1 Å². The number of nitrogens with two attached hydrogens (primary N) is 1. The van der Waals surface area contributed by atoms with Crippen molar-refractivity contribution in [3.05, 3.63) is 76.2 Å². The highest BCUT2D eigenvalue weighted by Crippen LogP contribution is 2.45. The molecule has 2 aliphatic rings. The Hall–Kier alpha value is -3.08. The van der Waals surface area contributed by atoms with Crippen LogP contribution in [0.5, 0.6) is 0 Å². The molecule has 2 heterocycles. The van der Waals surface area contributed by atoms with Crippen LogP contribution in [-0.2, 0) is 22.4 Å². The van der Waals surface area contributed by atoms with Crippen LogP contribution in [0.3, 0.4) is 0 Å². The van der Waals surface area contributed by atoms with Gasteiger partial charge in [0, 0.05) is 21.9 Å². The molecular weight excluding hydrogens is 438 g/mol. The van der Waals surface area contributed by atoms with Gasteiger partial charge in [0.25, 0.3) is 0 Å². The second kappa shape index (κ2) is 8.45. The maximum absolute atomic E-state index is 13.2. The van der Waals surface area contributed by atoms with Gasteiger partial charge in [-0.25, -0.2) is 4.90 Å². The van der Waals surface area contributed by atoms with Gasteiger partial charge in [-0.2, -0.15) is 5.26 Å². The van der Waals surface area contributed by atoms with E-state index in [0.29, 0.717) is 22.2 Å². The van der Waals surface area contributed by atoms with E-state index in [-0.39, 0.29) is 18.2 Å². The molecule has 0 radical (unpaired) electrons. The van der Waals surface area contributed by atoms with E-state index in [1.54, 1.807) is 12.1 Å². The molecule has 5 nitrogen and oxygen atoms in total. The van der Waals surface area contributed by atoms with Gasteiger partial charge in [0.2, 0.25) is 11.8 Å². The summed E-state index contributed by atoms with van der Waals surface area (Å²) in [4.78, 5) is 29.4. The monoisotopic (exact) mass is 459 g/mol. The Morgan fingerprint density at radius 2 is 1.81 bits per heavy atom. The molecule has 7 heteroatoms. The first-order valence-electron chi connectivity index (χ1n) is 10.5. The summed E-state index contributed by atoms with van der Waals surface area (Å²) in [6.45, 7) is 0. The first-order valence-corrected chi connectivity index (χ1v) is 12.2. The van der Waals surface area contributed by atoms with E-state index in [4.69, 9.17) is 5.73 Å². The number of thioether (sulfide) groups is 1. The normalized spacial score (nSPS) is 20.3. The number of fused-ring (bicyclic) bond motifs is 1.